The van der Waals surface area contributed by atoms with Crippen molar-refractivity contribution in [1.82, 2.24) is 20.0 Å². The molecule has 2 atom stereocenters. The highest BCUT2D eigenvalue weighted by molar-refractivity contribution is 5.12. The maximum Gasteiger partial charge on any atom is 0.244 e. The van der Waals surface area contributed by atoms with E-state index in [1.807, 2.05) is 6.92 Å². The van der Waals surface area contributed by atoms with Crippen molar-refractivity contribution >= 4 is 0 Å². The van der Waals surface area contributed by atoms with Gasteiger partial charge in [0.25, 0.3) is 0 Å². The Balaban J connectivity index is 1.81. The molecule has 2 aromatic rings. The van der Waals surface area contributed by atoms with E-state index in [2.05, 4.69) is 33.9 Å². The minimum atomic E-state index is 0.0582. The normalized spacial score (nSPS) is 22.8. The van der Waals surface area contributed by atoms with E-state index < -0.39 is 0 Å². The van der Waals surface area contributed by atoms with Crippen LogP contribution in [-0.2, 0) is 11.3 Å². The standard InChI is InChI=1S/C15H22N4O3/c1-9(2)14-12(16-8-21-14)7-19-6-11(20-4)5-13(19)15-17-10(3)18-22-15/h8-9,11,13H,5-7H2,1-4H3/t11-,13+/m0/s1. The minimum absolute atomic E-state index is 0.0582. The van der Waals surface area contributed by atoms with Crippen LogP contribution in [0.1, 0.15) is 55.4 Å². The first kappa shape index (κ1) is 15.2. The first-order valence-corrected chi connectivity index (χ1v) is 7.57. The number of aryl methyl sites for hydroxylation is 1. The van der Waals surface area contributed by atoms with Gasteiger partial charge in [-0.1, -0.05) is 19.0 Å². The number of methoxy groups -OCH3 is 1. The van der Waals surface area contributed by atoms with E-state index >= 15 is 0 Å². The molecule has 3 heterocycles. The lowest BCUT2D eigenvalue weighted by Gasteiger charge is -2.20. The summed E-state index contributed by atoms with van der Waals surface area (Å²) in [5, 5.41) is 3.90. The summed E-state index contributed by atoms with van der Waals surface area (Å²) in [7, 11) is 1.74. The van der Waals surface area contributed by atoms with E-state index in [1.165, 1.54) is 6.39 Å². The lowest BCUT2D eigenvalue weighted by Crippen LogP contribution is -2.25. The average Bonchev–Trinajstić information content (AvgIpc) is 3.18. The van der Waals surface area contributed by atoms with Gasteiger partial charge in [-0.3, -0.25) is 4.90 Å². The molecule has 0 radical (unpaired) electrons. The summed E-state index contributed by atoms with van der Waals surface area (Å²) in [6.45, 7) is 7.53. The van der Waals surface area contributed by atoms with Gasteiger partial charge in [0.1, 0.15) is 5.76 Å². The van der Waals surface area contributed by atoms with Crippen LogP contribution in [0.3, 0.4) is 0 Å². The highest BCUT2D eigenvalue weighted by Crippen LogP contribution is 2.34. The lowest BCUT2D eigenvalue weighted by molar-refractivity contribution is 0.107. The molecule has 1 aliphatic rings. The largest absolute Gasteiger partial charge is 0.448 e. The van der Waals surface area contributed by atoms with Crippen molar-refractivity contribution in [2.24, 2.45) is 0 Å². The summed E-state index contributed by atoms with van der Waals surface area (Å²) in [6, 6.07) is 0.0582. The first-order valence-electron chi connectivity index (χ1n) is 7.57. The number of oxazole rings is 1. The Kier molecular flexibility index (Phi) is 4.26. The number of hydrogen-bond donors (Lipinski definition) is 0. The van der Waals surface area contributed by atoms with Crippen molar-refractivity contribution in [3.63, 3.8) is 0 Å². The molecule has 0 amide bonds. The van der Waals surface area contributed by atoms with Crippen LogP contribution in [0.4, 0.5) is 0 Å². The fraction of sp³-hybridized carbons (Fsp3) is 0.667. The Morgan fingerprint density at radius 1 is 1.45 bits per heavy atom. The Bertz CT molecular complexity index is 622. The number of nitrogens with zero attached hydrogens (tertiary/aromatic N) is 4. The molecule has 3 rings (SSSR count). The number of likely N-dealkylation sites (tertiary alicyclic amines) is 1. The molecule has 0 N–H and O–H groups in total. The molecule has 0 aliphatic carbocycles. The van der Waals surface area contributed by atoms with Crippen LogP contribution in [0.5, 0.6) is 0 Å². The summed E-state index contributed by atoms with van der Waals surface area (Å²) >= 11 is 0. The molecule has 0 aromatic carbocycles. The van der Waals surface area contributed by atoms with Crippen molar-refractivity contribution < 1.29 is 13.7 Å². The monoisotopic (exact) mass is 306 g/mol. The van der Waals surface area contributed by atoms with Gasteiger partial charge in [0, 0.05) is 26.1 Å². The van der Waals surface area contributed by atoms with Gasteiger partial charge >= 0.3 is 0 Å². The molecule has 1 fully saturated rings. The fourth-order valence-corrected chi connectivity index (χ4v) is 2.97. The molecule has 0 saturated carbocycles. The molecule has 0 spiro atoms. The smallest absolute Gasteiger partial charge is 0.244 e. The van der Waals surface area contributed by atoms with Gasteiger partial charge in [0.05, 0.1) is 17.8 Å². The minimum Gasteiger partial charge on any atom is -0.448 e. The third-order valence-electron chi connectivity index (χ3n) is 4.08. The van der Waals surface area contributed by atoms with E-state index in [0.29, 0.717) is 24.2 Å². The average molecular weight is 306 g/mol. The molecule has 1 saturated heterocycles. The predicted molar refractivity (Wildman–Crippen MR) is 78.2 cm³/mol. The fourth-order valence-electron chi connectivity index (χ4n) is 2.97. The van der Waals surface area contributed by atoms with Crippen LogP contribution in [0.15, 0.2) is 15.3 Å². The third kappa shape index (κ3) is 2.91. The molecular weight excluding hydrogens is 284 g/mol. The molecule has 1 aliphatic heterocycles. The Morgan fingerprint density at radius 2 is 2.27 bits per heavy atom. The number of aromatic nitrogens is 3. The van der Waals surface area contributed by atoms with E-state index in [4.69, 9.17) is 13.7 Å². The molecule has 0 unspecified atom stereocenters. The number of rotatable bonds is 5. The van der Waals surface area contributed by atoms with Crippen molar-refractivity contribution in [2.75, 3.05) is 13.7 Å². The van der Waals surface area contributed by atoms with Crippen LogP contribution in [0.2, 0.25) is 0 Å². The zero-order chi connectivity index (χ0) is 15.7. The summed E-state index contributed by atoms with van der Waals surface area (Å²) in [5.41, 5.74) is 0.966. The van der Waals surface area contributed by atoms with E-state index in [1.54, 1.807) is 7.11 Å². The summed E-state index contributed by atoms with van der Waals surface area (Å²) in [6.07, 6.45) is 2.51. The van der Waals surface area contributed by atoms with Crippen molar-refractivity contribution in [3.05, 3.63) is 29.6 Å². The summed E-state index contributed by atoms with van der Waals surface area (Å²) in [4.78, 5) is 11.0. The second-order valence-electron chi connectivity index (χ2n) is 6.04. The molecule has 0 bridgehead atoms. The maximum atomic E-state index is 5.52. The Morgan fingerprint density at radius 3 is 2.91 bits per heavy atom. The Hall–Kier alpha value is -1.73. The van der Waals surface area contributed by atoms with Crippen molar-refractivity contribution in [1.29, 1.82) is 0 Å². The first-order chi connectivity index (χ1) is 10.6. The van der Waals surface area contributed by atoms with Gasteiger partial charge in [-0.05, 0) is 13.3 Å². The molecule has 2 aromatic heterocycles. The van der Waals surface area contributed by atoms with Gasteiger partial charge < -0.3 is 13.7 Å². The van der Waals surface area contributed by atoms with Crippen LogP contribution >= 0.6 is 0 Å². The SMILES string of the molecule is CO[C@H]1C[C@H](c2nc(C)no2)N(Cc2ncoc2C(C)C)C1. The maximum absolute atomic E-state index is 5.52. The van der Waals surface area contributed by atoms with Crippen LogP contribution < -0.4 is 0 Å². The molecule has 7 heteroatoms. The highest BCUT2D eigenvalue weighted by atomic mass is 16.5. The van der Waals surface area contributed by atoms with Gasteiger partial charge in [-0.25, -0.2) is 4.98 Å². The molecule has 22 heavy (non-hydrogen) atoms. The number of hydrogen-bond acceptors (Lipinski definition) is 7. The molecule has 7 nitrogen and oxygen atoms in total. The van der Waals surface area contributed by atoms with E-state index in [9.17, 15) is 0 Å². The third-order valence-corrected chi connectivity index (χ3v) is 4.08. The molecular formula is C15H22N4O3. The van der Waals surface area contributed by atoms with Gasteiger partial charge in [0.15, 0.2) is 12.2 Å². The van der Waals surface area contributed by atoms with Gasteiger partial charge in [-0.2, -0.15) is 4.98 Å². The Labute approximate surface area is 129 Å². The summed E-state index contributed by atoms with van der Waals surface area (Å²) in [5.74, 6) is 2.54. The molecule has 120 valence electrons. The second kappa shape index (κ2) is 6.18. The summed E-state index contributed by atoms with van der Waals surface area (Å²) < 4.78 is 16.4. The quantitative estimate of drug-likeness (QED) is 0.839. The van der Waals surface area contributed by atoms with Crippen LogP contribution in [-0.4, -0.2) is 39.8 Å². The topological polar surface area (TPSA) is 77.4 Å². The predicted octanol–water partition coefficient (Wildman–Crippen LogP) is 2.45. The highest BCUT2D eigenvalue weighted by Gasteiger charge is 2.37. The van der Waals surface area contributed by atoms with E-state index in [0.717, 1.165) is 24.4 Å². The van der Waals surface area contributed by atoms with Gasteiger partial charge in [-0.15, -0.1) is 0 Å². The van der Waals surface area contributed by atoms with Crippen molar-refractivity contribution in [2.45, 2.75) is 51.8 Å². The van der Waals surface area contributed by atoms with Gasteiger partial charge in [0.2, 0.25) is 5.89 Å². The zero-order valence-electron chi connectivity index (χ0n) is 13.4. The second-order valence-corrected chi connectivity index (χ2v) is 6.04. The number of ether oxygens (including phenoxy) is 1. The zero-order valence-corrected chi connectivity index (χ0v) is 13.4. The van der Waals surface area contributed by atoms with E-state index in [-0.39, 0.29) is 12.1 Å². The van der Waals surface area contributed by atoms with Crippen LogP contribution in [0.25, 0.3) is 0 Å². The lowest BCUT2D eigenvalue weighted by atomic mass is 10.1. The van der Waals surface area contributed by atoms with Crippen molar-refractivity contribution in [3.8, 4) is 0 Å². The van der Waals surface area contributed by atoms with Crippen LogP contribution in [0, 0.1) is 6.92 Å².